The molecule has 0 aliphatic heterocycles. The van der Waals surface area contributed by atoms with Gasteiger partial charge in [-0.25, -0.2) is 4.98 Å². The molecule has 0 fully saturated rings. The van der Waals surface area contributed by atoms with Crippen molar-refractivity contribution >= 4 is 28.5 Å². The van der Waals surface area contributed by atoms with Crippen molar-refractivity contribution in [2.24, 2.45) is 0 Å². The third kappa shape index (κ3) is 7.34. The van der Waals surface area contributed by atoms with Crippen LogP contribution in [-0.4, -0.2) is 28.6 Å². The molecule has 5 nitrogen and oxygen atoms in total. The van der Waals surface area contributed by atoms with Crippen LogP contribution >= 0.6 is 11.6 Å². The molecule has 0 aliphatic rings. The summed E-state index contributed by atoms with van der Waals surface area (Å²) in [5.41, 5.74) is 4.35. The van der Waals surface area contributed by atoms with Crippen LogP contribution in [0.15, 0.2) is 72.8 Å². The van der Waals surface area contributed by atoms with Gasteiger partial charge in [-0.1, -0.05) is 60.5 Å². The third-order valence-corrected chi connectivity index (χ3v) is 6.54. The number of ether oxygens (including phenoxy) is 1. The van der Waals surface area contributed by atoms with Crippen LogP contribution in [-0.2, 0) is 24.2 Å². The molecule has 1 amide bonds. The van der Waals surface area contributed by atoms with Crippen LogP contribution in [0, 0.1) is 6.92 Å². The monoisotopic (exact) mass is 503 g/mol. The molecule has 4 aromatic rings. The Labute approximate surface area is 218 Å². The van der Waals surface area contributed by atoms with E-state index in [4.69, 9.17) is 21.3 Å². The fourth-order valence-corrected chi connectivity index (χ4v) is 4.48. The maximum absolute atomic E-state index is 12.2. The number of imidazole rings is 1. The van der Waals surface area contributed by atoms with Crippen LogP contribution in [0.4, 0.5) is 0 Å². The van der Waals surface area contributed by atoms with Crippen LogP contribution in [0.5, 0.6) is 5.75 Å². The zero-order valence-electron chi connectivity index (χ0n) is 20.9. The number of hydrogen-bond donors (Lipinski definition) is 1. The van der Waals surface area contributed by atoms with E-state index in [9.17, 15) is 4.79 Å². The minimum atomic E-state index is 0.0482. The van der Waals surface area contributed by atoms with Crippen molar-refractivity contribution in [2.75, 3.05) is 13.2 Å². The first-order chi connectivity index (χ1) is 17.6. The number of carbonyl (C=O) groups excluding carboxylic acids is 1. The minimum Gasteiger partial charge on any atom is -0.493 e. The second kappa shape index (κ2) is 13.1. The predicted molar refractivity (Wildman–Crippen MR) is 147 cm³/mol. The van der Waals surface area contributed by atoms with E-state index in [2.05, 4.69) is 41.1 Å². The maximum atomic E-state index is 12.2. The van der Waals surface area contributed by atoms with Crippen molar-refractivity contribution in [2.45, 2.75) is 52.0 Å². The Balaban J connectivity index is 1.21. The molecule has 0 unspecified atom stereocenters. The summed E-state index contributed by atoms with van der Waals surface area (Å²) in [5.74, 6) is 2.12. The van der Waals surface area contributed by atoms with Gasteiger partial charge in [-0.15, -0.1) is 0 Å². The van der Waals surface area contributed by atoms with Gasteiger partial charge in [-0.05, 0) is 67.6 Å². The van der Waals surface area contributed by atoms with Crippen molar-refractivity contribution in [3.8, 4) is 5.75 Å². The topological polar surface area (TPSA) is 56.1 Å². The maximum Gasteiger partial charge on any atom is 0.224 e. The molecule has 1 heterocycles. The quantitative estimate of drug-likeness (QED) is 0.211. The molecule has 3 aromatic carbocycles. The van der Waals surface area contributed by atoms with Crippen molar-refractivity contribution in [3.63, 3.8) is 0 Å². The van der Waals surface area contributed by atoms with E-state index in [1.807, 2.05) is 48.5 Å². The molecule has 0 bridgehead atoms. The number of nitrogens with one attached hydrogen (secondary N) is 1. The average molecular weight is 504 g/mol. The van der Waals surface area contributed by atoms with Crippen molar-refractivity contribution < 1.29 is 9.53 Å². The normalized spacial score (nSPS) is 11.1. The first-order valence-electron chi connectivity index (χ1n) is 12.7. The number of aryl methyl sites for hydroxylation is 3. The highest BCUT2D eigenvalue weighted by Crippen LogP contribution is 2.20. The third-order valence-electron chi connectivity index (χ3n) is 6.29. The van der Waals surface area contributed by atoms with Gasteiger partial charge in [0, 0.05) is 24.5 Å². The van der Waals surface area contributed by atoms with Crippen molar-refractivity contribution in [1.29, 1.82) is 0 Å². The van der Waals surface area contributed by atoms with E-state index in [0.717, 1.165) is 66.9 Å². The standard InChI is InChI=1S/C30H34ClN3O2/c1-23-10-4-7-13-28(23)36-21-9-20-34-27-12-6-5-11-26(27)33-29(34)14-3-2-8-19-32-30(35)22-24-15-17-25(31)18-16-24/h4-7,10-13,15-18H,2-3,8-9,14,19-22H2,1H3,(H,32,35). The lowest BCUT2D eigenvalue weighted by Crippen LogP contribution is -2.26. The molecule has 1 N–H and O–H groups in total. The van der Waals surface area contributed by atoms with Crippen LogP contribution in [0.2, 0.25) is 5.02 Å². The van der Waals surface area contributed by atoms with E-state index < -0.39 is 0 Å². The number of amides is 1. The lowest BCUT2D eigenvalue weighted by molar-refractivity contribution is -0.120. The van der Waals surface area contributed by atoms with Gasteiger partial charge in [-0.2, -0.15) is 0 Å². The Bertz CT molecular complexity index is 1270. The molecule has 0 atom stereocenters. The van der Waals surface area contributed by atoms with E-state index in [-0.39, 0.29) is 5.91 Å². The summed E-state index contributed by atoms with van der Waals surface area (Å²) in [6.07, 6.45) is 5.26. The number of para-hydroxylation sites is 3. The average Bonchev–Trinajstić information content (AvgIpc) is 3.23. The molecular weight excluding hydrogens is 470 g/mol. The molecule has 0 aliphatic carbocycles. The van der Waals surface area contributed by atoms with E-state index in [0.29, 0.717) is 24.6 Å². The fraction of sp³-hybridized carbons (Fsp3) is 0.333. The number of aromatic nitrogens is 2. The van der Waals surface area contributed by atoms with Gasteiger partial charge in [0.05, 0.1) is 24.1 Å². The smallest absolute Gasteiger partial charge is 0.224 e. The highest BCUT2D eigenvalue weighted by Gasteiger charge is 2.10. The van der Waals surface area contributed by atoms with E-state index in [1.54, 1.807) is 0 Å². The molecule has 0 spiro atoms. The first-order valence-corrected chi connectivity index (χ1v) is 13.1. The summed E-state index contributed by atoms with van der Waals surface area (Å²) < 4.78 is 8.34. The fourth-order valence-electron chi connectivity index (χ4n) is 4.35. The van der Waals surface area contributed by atoms with Gasteiger partial charge >= 0.3 is 0 Å². The minimum absolute atomic E-state index is 0.0482. The summed E-state index contributed by atoms with van der Waals surface area (Å²) in [6.45, 7) is 4.32. The summed E-state index contributed by atoms with van der Waals surface area (Å²) in [7, 11) is 0. The van der Waals surface area contributed by atoms with Gasteiger partial charge in [0.2, 0.25) is 5.91 Å². The van der Waals surface area contributed by atoms with E-state index in [1.165, 1.54) is 5.52 Å². The molecule has 0 radical (unpaired) electrons. The van der Waals surface area contributed by atoms with Crippen LogP contribution in [0.3, 0.4) is 0 Å². The lowest BCUT2D eigenvalue weighted by atomic mass is 10.1. The number of unbranched alkanes of at least 4 members (excludes halogenated alkanes) is 2. The van der Waals surface area contributed by atoms with Crippen LogP contribution in [0.1, 0.15) is 42.6 Å². The second-order valence-electron chi connectivity index (χ2n) is 9.10. The summed E-state index contributed by atoms with van der Waals surface area (Å²) >= 11 is 5.91. The van der Waals surface area contributed by atoms with Gasteiger partial charge < -0.3 is 14.6 Å². The van der Waals surface area contributed by atoms with Gasteiger partial charge in [0.15, 0.2) is 0 Å². The molecule has 0 saturated heterocycles. The van der Waals surface area contributed by atoms with Gasteiger partial charge in [0.25, 0.3) is 0 Å². The van der Waals surface area contributed by atoms with E-state index >= 15 is 0 Å². The number of halogens is 1. The SMILES string of the molecule is Cc1ccccc1OCCCn1c(CCCCCNC(=O)Cc2ccc(Cl)cc2)nc2ccccc21. The number of rotatable bonds is 13. The number of benzene rings is 3. The van der Waals surface area contributed by atoms with Gasteiger partial charge in [0.1, 0.15) is 11.6 Å². The largest absolute Gasteiger partial charge is 0.493 e. The zero-order chi connectivity index (χ0) is 25.2. The molecule has 36 heavy (non-hydrogen) atoms. The molecular formula is C30H34ClN3O2. The van der Waals surface area contributed by atoms with Gasteiger partial charge in [-0.3, -0.25) is 4.79 Å². The Morgan fingerprint density at radius 1 is 0.944 bits per heavy atom. The first kappa shape index (κ1) is 25.8. The molecule has 6 heteroatoms. The Morgan fingerprint density at radius 2 is 1.72 bits per heavy atom. The summed E-state index contributed by atoms with van der Waals surface area (Å²) in [5, 5.41) is 3.71. The Kier molecular flexibility index (Phi) is 9.40. The Hall–Kier alpha value is -3.31. The highest BCUT2D eigenvalue weighted by atomic mass is 35.5. The number of hydrogen-bond acceptors (Lipinski definition) is 3. The predicted octanol–water partition coefficient (Wildman–Crippen LogP) is 6.54. The molecule has 188 valence electrons. The second-order valence-corrected chi connectivity index (χ2v) is 9.54. The Morgan fingerprint density at radius 3 is 2.56 bits per heavy atom. The number of fused-ring (bicyclic) bond motifs is 1. The molecule has 1 aromatic heterocycles. The molecule has 0 saturated carbocycles. The highest BCUT2D eigenvalue weighted by molar-refractivity contribution is 6.30. The lowest BCUT2D eigenvalue weighted by Gasteiger charge is -2.12. The van der Waals surface area contributed by atoms with Crippen molar-refractivity contribution in [3.05, 3.63) is 94.8 Å². The summed E-state index contributed by atoms with van der Waals surface area (Å²) in [4.78, 5) is 17.1. The molecule has 4 rings (SSSR count). The number of carbonyl (C=O) groups is 1. The van der Waals surface area contributed by atoms with Crippen LogP contribution in [0.25, 0.3) is 11.0 Å². The zero-order valence-corrected chi connectivity index (χ0v) is 21.6. The number of nitrogens with zero attached hydrogens (tertiary/aromatic N) is 2. The summed E-state index contributed by atoms with van der Waals surface area (Å²) in [6, 6.07) is 23.9. The van der Waals surface area contributed by atoms with Crippen molar-refractivity contribution in [1.82, 2.24) is 14.9 Å². The van der Waals surface area contributed by atoms with Crippen LogP contribution < -0.4 is 10.1 Å².